The number of anilines is 2. The fourth-order valence-electron chi connectivity index (χ4n) is 0.525. The van der Waals surface area contributed by atoms with Gasteiger partial charge < -0.3 is 16.6 Å². The SMILES string of the molecule is Nc1c[c]c(O)c(N)c1. The maximum Gasteiger partial charge on any atom is 0.146 e. The van der Waals surface area contributed by atoms with Gasteiger partial charge in [-0.1, -0.05) is 0 Å². The minimum atomic E-state index is -0.0517. The molecule has 0 aliphatic rings. The summed E-state index contributed by atoms with van der Waals surface area (Å²) in [6.45, 7) is 0. The van der Waals surface area contributed by atoms with E-state index in [0.29, 0.717) is 5.69 Å². The van der Waals surface area contributed by atoms with Gasteiger partial charge in [0, 0.05) is 11.8 Å². The third-order valence-electron chi connectivity index (χ3n) is 0.971. The second kappa shape index (κ2) is 1.85. The highest BCUT2D eigenvalue weighted by Gasteiger charge is 1.93. The molecule has 1 rings (SSSR count). The molecule has 1 radical (unpaired) electrons. The van der Waals surface area contributed by atoms with Crippen LogP contribution in [0.1, 0.15) is 0 Å². The molecule has 47 valence electrons. The van der Waals surface area contributed by atoms with Crippen LogP contribution in [-0.2, 0) is 0 Å². The first-order valence-electron chi connectivity index (χ1n) is 2.46. The smallest absolute Gasteiger partial charge is 0.146 e. The van der Waals surface area contributed by atoms with Gasteiger partial charge in [-0.15, -0.1) is 0 Å². The molecule has 0 saturated carbocycles. The molecule has 0 bridgehead atoms. The monoisotopic (exact) mass is 123 g/mol. The van der Waals surface area contributed by atoms with Crippen LogP contribution < -0.4 is 11.5 Å². The second-order valence-electron chi connectivity index (χ2n) is 1.74. The van der Waals surface area contributed by atoms with E-state index in [0.717, 1.165) is 0 Å². The molecular weight excluding hydrogens is 116 g/mol. The number of rotatable bonds is 0. The summed E-state index contributed by atoms with van der Waals surface area (Å²) in [7, 11) is 0. The summed E-state index contributed by atoms with van der Waals surface area (Å²) in [5.41, 5.74) is 11.3. The summed E-state index contributed by atoms with van der Waals surface area (Å²) in [5, 5.41) is 8.81. The highest BCUT2D eigenvalue weighted by atomic mass is 16.3. The predicted octanol–water partition coefficient (Wildman–Crippen LogP) is 0.357. The molecule has 1 aromatic carbocycles. The summed E-state index contributed by atoms with van der Waals surface area (Å²) in [6, 6.07) is 5.42. The lowest BCUT2D eigenvalue weighted by atomic mass is 10.3. The van der Waals surface area contributed by atoms with Gasteiger partial charge >= 0.3 is 0 Å². The van der Waals surface area contributed by atoms with Gasteiger partial charge in [0.05, 0.1) is 5.69 Å². The van der Waals surface area contributed by atoms with Crippen LogP contribution in [0.15, 0.2) is 12.1 Å². The Bertz CT molecular complexity index is 222. The molecule has 0 aromatic heterocycles. The number of phenolic OH excluding ortho intramolecular Hbond substituents is 1. The molecule has 3 heteroatoms. The second-order valence-corrected chi connectivity index (χ2v) is 1.74. The van der Waals surface area contributed by atoms with Crippen molar-refractivity contribution >= 4 is 11.4 Å². The Hall–Kier alpha value is -1.38. The Morgan fingerprint density at radius 3 is 2.56 bits per heavy atom. The van der Waals surface area contributed by atoms with Crippen LogP contribution in [-0.4, -0.2) is 5.11 Å². The van der Waals surface area contributed by atoms with E-state index >= 15 is 0 Å². The van der Waals surface area contributed by atoms with Gasteiger partial charge in [-0.05, 0) is 12.1 Å². The van der Waals surface area contributed by atoms with Crippen molar-refractivity contribution in [2.75, 3.05) is 11.5 Å². The highest BCUT2D eigenvalue weighted by molar-refractivity contribution is 5.58. The number of nitrogens with two attached hydrogens (primary N) is 2. The molecule has 0 aliphatic heterocycles. The predicted molar refractivity (Wildman–Crippen MR) is 35.8 cm³/mol. The lowest BCUT2D eigenvalue weighted by Crippen LogP contribution is -1.89. The van der Waals surface area contributed by atoms with Gasteiger partial charge in [0.2, 0.25) is 0 Å². The van der Waals surface area contributed by atoms with Crippen LogP contribution >= 0.6 is 0 Å². The first kappa shape index (κ1) is 5.75. The molecule has 0 spiro atoms. The van der Waals surface area contributed by atoms with E-state index in [2.05, 4.69) is 6.07 Å². The first-order chi connectivity index (χ1) is 4.20. The summed E-state index contributed by atoms with van der Waals surface area (Å²) >= 11 is 0. The van der Waals surface area contributed by atoms with Crippen molar-refractivity contribution in [1.29, 1.82) is 0 Å². The lowest BCUT2D eigenvalue weighted by molar-refractivity contribution is 0.477. The van der Waals surface area contributed by atoms with Crippen molar-refractivity contribution < 1.29 is 5.11 Å². The molecule has 0 saturated heterocycles. The maximum atomic E-state index is 8.81. The Balaban J connectivity index is 3.17. The molecular formula is C6H7N2O. The number of hydrogen-bond donors (Lipinski definition) is 3. The van der Waals surface area contributed by atoms with Gasteiger partial charge in [-0.3, -0.25) is 0 Å². The number of benzene rings is 1. The van der Waals surface area contributed by atoms with Gasteiger partial charge in [-0.2, -0.15) is 0 Å². The molecule has 0 aliphatic carbocycles. The minimum absolute atomic E-state index is 0.0517. The van der Waals surface area contributed by atoms with Gasteiger partial charge in [0.15, 0.2) is 0 Å². The fraction of sp³-hybridized carbons (Fsp3) is 0. The van der Waals surface area contributed by atoms with Crippen LogP contribution in [0.2, 0.25) is 0 Å². The maximum absolute atomic E-state index is 8.81. The minimum Gasteiger partial charge on any atom is -0.505 e. The largest absolute Gasteiger partial charge is 0.505 e. The van der Waals surface area contributed by atoms with Crippen molar-refractivity contribution in [1.82, 2.24) is 0 Å². The van der Waals surface area contributed by atoms with E-state index < -0.39 is 0 Å². The highest BCUT2D eigenvalue weighted by Crippen LogP contribution is 2.20. The van der Waals surface area contributed by atoms with E-state index in [-0.39, 0.29) is 11.4 Å². The Morgan fingerprint density at radius 2 is 2.11 bits per heavy atom. The van der Waals surface area contributed by atoms with Crippen LogP contribution in [0.25, 0.3) is 0 Å². The van der Waals surface area contributed by atoms with Crippen molar-refractivity contribution in [3.8, 4) is 5.75 Å². The van der Waals surface area contributed by atoms with Crippen molar-refractivity contribution in [3.05, 3.63) is 18.2 Å². The summed E-state index contributed by atoms with van der Waals surface area (Å²) < 4.78 is 0. The van der Waals surface area contributed by atoms with Crippen LogP contribution in [0, 0.1) is 6.07 Å². The van der Waals surface area contributed by atoms with Gasteiger partial charge in [-0.25, -0.2) is 0 Å². The van der Waals surface area contributed by atoms with Crippen LogP contribution in [0.5, 0.6) is 5.75 Å². The summed E-state index contributed by atoms with van der Waals surface area (Å²) in [4.78, 5) is 0. The van der Waals surface area contributed by atoms with Crippen LogP contribution in [0.3, 0.4) is 0 Å². The number of aromatic hydroxyl groups is 1. The molecule has 3 nitrogen and oxygen atoms in total. The van der Waals surface area contributed by atoms with E-state index in [1.165, 1.54) is 12.1 Å². The van der Waals surface area contributed by atoms with Crippen molar-refractivity contribution in [2.45, 2.75) is 0 Å². The van der Waals surface area contributed by atoms with Gasteiger partial charge in [0.25, 0.3) is 0 Å². The molecule has 0 unspecified atom stereocenters. The quantitative estimate of drug-likeness (QED) is 0.265. The number of nitrogen functional groups attached to an aromatic ring is 2. The van der Waals surface area contributed by atoms with E-state index in [4.69, 9.17) is 16.6 Å². The zero-order valence-corrected chi connectivity index (χ0v) is 4.76. The fourth-order valence-corrected chi connectivity index (χ4v) is 0.525. The Labute approximate surface area is 52.9 Å². The van der Waals surface area contributed by atoms with E-state index in [9.17, 15) is 0 Å². The molecule has 1 aromatic rings. The molecule has 0 fully saturated rings. The van der Waals surface area contributed by atoms with E-state index in [1.807, 2.05) is 0 Å². The topological polar surface area (TPSA) is 72.3 Å². The Morgan fingerprint density at radius 1 is 1.44 bits per heavy atom. The Kier molecular flexibility index (Phi) is 1.18. The third-order valence-corrected chi connectivity index (χ3v) is 0.971. The molecule has 0 atom stereocenters. The summed E-state index contributed by atoms with van der Waals surface area (Å²) in [6.07, 6.45) is 0. The van der Waals surface area contributed by atoms with Crippen molar-refractivity contribution in [2.24, 2.45) is 0 Å². The van der Waals surface area contributed by atoms with Gasteiger partial charge in [0.1, 0.15) is 5.75 Å². The standard InChI is InChI=1S/C6H7N2O/c7-4-1-2-6(9)5(8)3-4/h1,3,9H,7-8H2. The van der Waals surface area contributed by atoms with Crippen LogP contribution in [0.4, 0.5) is 11.4 Å². The lowest BCUT2D eigenvalue weighted by Gasteiger charge is -1.96. The molecule has 9 heavy (non-hydrogen) atoms. The first-order valence-corrected chi connectivity index (χ1v) is 2.46. The molecule has 5 N–H and O–H groups in total. The van der Waals surface area contributed by atoms with Crippen molar-refractivity contribution in [3.63, 3.8) is 0 Å². The average Bonchev–Trinajstić information content (AvgIpc) is 1.80. The zero-order chi connectivity index (χ0) is 6.85. The molecule has 0 heterocycles. The normalized spacial score (nSPS) is 9.33. The van der Waals surface area contributed by atoms with E-state index in [1.54, 1.807) is 0 Å². The zero-order valence-electron chi connectivity index (χ0n) is 4.76. The number of hydrogen-bond acceptors (Lipinski definition) is 3. The summed E-state index contributed by atoms with van der Waals surface area (Å²) in [5.74, 6) is -0.0517. The average molecular weight is 123 g/mol. The third kappa shape index (κ3) is 1.05. The molecule has 0 amide bonds. The number of phenols is 1.